The van der Waals surface area contributed by atoms with Crippen molar-refractivity contribution in [2.75, 3.05) is 17.2 Å². The first-order chi connectivity index (χ1) is 12.7. The van der Waals surface area contributed by atoms with Crippen LogP contribution in [0.1, 0.15) is 11.4 Å². The molecular formula is C18H17N7O. The molecule has 0 spiro atoms. The number of carbonyl (C=O) groups excluding carboxylic acids is 1. The summed E-state index contributed by atoms with van der Waals surface area (Å²) in [4.78, 5) is 12.1. The molecule has 8 nitrogen and oxygen atoms in total. The maximum absolute atomic E-state index is 12.1. The second-order valence-corrected chi connectivity index (χ2v) is 5.62. The third-order valence-electron chi connectivity index (χ3n) is 3.69. The lowest BCUT2D eigenvalue weighted by Crippen LogP contribution is -2.21. The summed E-state index contributed by atoms with van der Waals surface area (Å²) >= 11 is 0. The maximum atomic E-state index is 12.1. The second kappa shape index (κ2) is 7.90. The van der Waals surface area contributed by atoms with Gasteiger partial charge in [-0.15, -0.1) is 5.10 Å². The number of tetrazole rings is 1. The number of hydrogen-bond acceptors (Lipinski definition) is 6. The third-order valence-corrected chi connectivity index (χ3v) is 3.69. The van der Waals surface area contributed by atoms with E-state index in [0.29, 0.717) is 17.9 Å². The molecule has 0 radical (unpaired) electrons. The van der Waals surface area contributed by atoms with Gasteiger partial charge in [0, 0.05) is 11.4 Å². The molecule has 1 aromatic heterocycles. The molecule has 3 aromatic rings. The van der Waals surface area contributed by atoms with Crippen LogP contribution in [-0.2, 0) is 11.2 Å². The Morgan fingerprint density at radius 1 is 1.19 bits per heavy atom. The highest BCUT2D eigenvalue weighted by atomic mass is 16.1. The number of aromatic nitrogens is 4. The Labute approximate surface area is 150 Å². The van der Waals surface area contributed by atoms with E-state index in [-0.39, 0.29) is 12.5 Å². The number of benzene rings is 2. The molecule has 8 heteroatoms. The molecule has 1 heterocycles. The molecule has 0 aliphatic rings. The molecule has 0 saturated carbocycles. The van der Waals surface area contributed by atoms with Crippen LogP contribution < -0.4 is 10.6 Å². The normalized spacial score (nSPS) is 10.2. The van der Waals surface area contributed by atoms with Gasteiger partial charge in [-0.2, -0.15) is 9.94 Å². The molecule has 2 aromatic carbocycles. The van der Waals surface area contributed by atoms with Crippen LogP contribution in [0.15, 0.2) is 48.5 Å². The molecule has 0 bridgehead atoms. The van der Waals surface area contributed by atoms with Crippen molar-refractivity contribution in [1.29, 1.82) is 5.26 Å². The second-order valence-electron chi connectivity index (χ2n) is 5.62. The lowest BCUT2D eigenvalue weighted by molar-refractivity contribution is -0.114. The van der Waals surface area contributed by atoms with Crippen molar-refractivity contribution in [1.82, 2.24) is 20.2 Å². The molecule has 26 heavy (non-hydrogen) atoms. The Balaban J connectivity index is 1.58. The largest absolute Gasteiger partial charge is 0.376 e. The van der Waals surface area contributed by atoms with E-state index in [4.69, 9.17) is 5.26 Å². The number of rotatable bonds is 6. The molecule has 130 valence electrons. The van der Waals surface area contributed by atoms with Gasteiger partial charge in [0.2, 0.25) is 5.91 Å². The van der Waals surface area contributed by atoms with Crippen LogP contribution in [-0.4, -0.2) is 32.7 Å². The number of nitrogens with one attached hydrogen (secondary N) is 2. The Kier molecular flexibility index (Phi) is 5.19. The van der Waals surface area contributed by atoms with E-state index in [0.717, 1.165) is 16.9 Å². The van der Waals surface area contributed by atoms with Crippen molar-refractivity contribution in [3.63, 3.8) is 0 Å². The number of carbonyl (C=O) groups is 1. The summed E-state index contributed by atoms with van der Waals surface area (Å²) < 4.78 is 1.62. The van der Waals surface area contributed by atoms with Gasteiger partial charge in [-0.3, -0.25) is 4.79 Å². The minimum absolute atomic E-state index is 0.123. The monoisotopic (exact) mass is 347 g/mol. The molecule has 0 saturated heterocycles. The summed E-state index contributed by atoms with van der Waals surface area (Å²) in [5.41, 5.74) is 3.21. The van der Waals surface area contributed by atoms with Gasteiger partial charge in [-0.25, -0.2) is 0 Å². The summed E-state index contributed by atoms with van der Waals surface area (Å²) in [7, 11) is 0. The van der Waals surface area contributed by atoms with Gasteiger partial charge in [0.1, 0.15) is 0 Å². The Bertz CT molecular complexity index is 941. The number of anilines is 2. The summed E-state index contributed by atoms with van der Waals surface area (Å²) in [6.07, 6.45) is 0.354. The lowest BCUT2D eigenvalue weighted by Gasteiger charge is -2.09. The fraction of sp³-hybridized carbons (Fsp3) is 0.167. The van der Waals surface area contributed by atoms with E-state index in [1.165, 1.54) is 0 Å². The Morgan fingerprint density at radius 3 is 2.69 bits per heavy atom. The highest BCUT2D eigenvalue weighted by Gasteiger charge is 2.06. The molecule has 3 rings (SSSR count). The van der Waals surface area contributed by atoms with E-state index in [1.807, 2.05) is 43.3 Å². The molecule has 0 unspecified atom stereocenters. The smallest absolute Gasteiger partial charge is 0.243 e. The molecule has 0 atom stereocenters. The van der Waals surface area contributed by atoms with Crippen LogP contribution in [0.3, 0.4) is 0 Å². The summed E-state index contributed by atoms with van der Waals surface area (Å²) in [5.74, 6) is 0.516. The van der Waals surface area contributed by atoms with Crippen LogP contribution in [0.25, 0.3) is 5.69 Å². The van der Waals surface area contributed by atoms with Gasteiger partial charge >= 0.3 is 0 Å². The fourth-order valence-electron chi connectivity index (χ4n) is 2.40. The zero-order valence-electron chi connectivity index (χ0n) is 14.2. The Morgan fingerprint density at radius 2 is 2.00 bits per heavy atom. The van der Waals surface area contributed by atoms with Crippen LogP contribution in [0, 0.1) is 18.3 Å². The lowest BCUT2D eigenvalue weighted by atomic mass is 10.1. The third kappa shape index (κ3) is 4.21. The first-order valence-corrected chi connectivity index (χ1v) is 8.01. The van der Waals surface area contributed by atoms with Gasteiger partial charge in [0.15, 0.2) is 5.82 Å². The minimum Gasteiger partial charge on any atom is -0.376 e. The number of hydrogen-bond donors (Lipinski definition) is 2. The van der Waals surface area contributed by atoms with Crippen molar-refractivity contribution in [2.45, 2.75) is 13.3 Å². The Hall–Kier alpha value is -3.73. The topological polar surface area (TPSA) is 109 Å². The number of nitriles is 1. The standard InChI is InChI=1S/C18H17N7O/c1-13-22-23-24-25(13)17-4-2-3-16(11-17)20-12-18(26)21-15-7-5-14(6-8-15)9-10-19/h2-8,11,20H,9,12H2,1H3,(H,21,26). The summed E-state index contributed by atoms with van der Waals surface area (Å²) in [5, 5.41) is 26.0. The van der Waals surface area contributed by atoms with Gasteiger partial charge in [-0.05, 0) is 53.2 Å². The minimum atomic E-state index is -0.165. The van der Waals surface area contributed by atoms with E-state index in [1.54, 1.807) is 16.8 Å². The number of amides is 1. The van der Waals surface area contributed by atoms with Crippen LogP contribution in [0.2, 0.25) is 0 Å². The van der Waals surface area contributed by atoms with Crippen LogP contribution in [0.4, 0.5) is 11.4 Å². The van der Waals surface area contributed by atoms with Crippen molar-refractivity contribution in [2.24, 2.45) is 0 Å². The SMILES string of the molecule is Cc1nnnn1-c1cccc(NCC(=O)Nc2ccc(CC#N)cc2)c1. The summed E-state index contributed by atoms with van der Waals surface area (Å²) in [6.45, 7) is 1.94. The molecular weight excluding hydrogens is 330 g/mol. The zero-order chi connectivity index (χ0) is 18.4. The van der Waals surface area contributed by atoms with Crippen LogP contribution >= 0.6 is 0 Å². The molecule has 0 aliphatic carbocycles. The average Bonchev–Trinajstić information content (AvgIpc) is 3.08. The fourth-order valence-corrected chi connectivity index (χ4v) is 2.40. The van der Waals surface area contributed by atoms with Gasteiger partial charge in [-0.1, -0.05) is 18.2 Å². The molecule has 0 fully saturated rings. The molecule has 2 N–H and O–H groups in total. The van der Waals surface area contributed by atoms with Crippen molar-refractivity contribution in [3.8, 4) is 11.8 Å². The number of nitrogens with zero attached hydrogens (tertiary/aromatic N) is 5. The van der Waals surface area contributed by atoms with Crippen molar-refractivity contribution in [3.05, 3.63) is 59.9 Å². The zero-order valence-corrected chi connectivity index (χ0v) is 14.2. The summed E-state index contributed by atoms with van der Waals surface area (Å²) in [6, 6.07) is 16.8. The average molecular weight is 347 g/mol. The first kappa shape index (κ1) is 17.1. The van der Waals surface area contributed by atoms with Gasteiger partial charge in [0.25, 0.3) is 0 Å². The van der Waals surface area contributed by atoms with Crippen molar-refractivity contribution >= 4 is 17.3 Å². The van der Waals surface area contributed by atoms with Crippen molar-refractivity contribution < 1.29 is 4.79 Å². The van der Waals surface area contributed by atoms with Crippen LogP contribution in [0.5, 0.6) is 0 Å². The van der Waals surface area contributed by atoms with E-state index in [2.05, 4.69) is 32.2 Å². The van der Waals surface area contributed by atoms with E-state index >= 15 is 0 Å². The van der Waals surface area contributed by atoms with Gasteiger partial charge in [0.05, 0.1) is 24.7 Å². The first-order valence-electron chi connectivity index (χ1n) is 8.01. The maximum Gasteiger partial charge on any atom is 0.243 e. The van der Waals surface area contributed by atoms with E-state index in [9.17, 15) is 4.79 Å². The molecule has 0 aliphatic heterocycles. The van der Waals surface area contributed by atoms with Gasteiger partial charge < -0.3 is 10.6 Å². The highest BCUT2D eigenvalue weighted by Crippen LogP contribution is 2.15. The predicted octanol–water partition coefficient (Wildman–Crippen LogP) is 2.09. The molecule has 1 amide bonds. The van der Waals surface area contributed by atoms with E-state index < -0.39 is 0 Å². The highest BCUT2D eigenvalue weighted by molar-refractivity contribution is 5.93. The quantitative estimate of drug-likeness (QED) is 0.707. The number of aryl methyl sites for hydroxylation is 1. The predicted molar refractivity (Wildman–Crippen MR) is 96.8 cm³/mol.